The zero-order valence-corrected chi connectivity index (χ0v) is 10.4. The van der Waals surface area contributed by atoms with Crippen molar-refractivity contribution in [2.24, 2.45) is 0 Å². The van der Waals surface area contributed by atoms with Crippen molar-refractivity contribution in [3.8, 4) is 6.07 Å². The minimum Gasteiger partial charge on any atom is -0.381 e. The van der Waals surface area contributed by atoms with E-state index in [9.17, 15) is 4.39 Å². The monoisotopic (exact) mass is 248 g/mol. The zero-order chi connectivity index (χ0) is 13.0. The lowest BCUT2D eigenvalue weighted by molar-refractivity contribution is 0.107. The van der Waals surface area contributed by atoms with Crippen LogP contribution >= 0.6 is 0 Å². The summed E-state index contributed by atoms with van der Waals surface area (Å²) >= 11 is 0. The highest BCUT2D eigenvalue weighted by Crippen LogP contribution is 2.22. The molecule has 1 aromatic rings. The Morgan fingerprint density at radius 3 is 3.00 bits per heavy atom. The molecule has 96 valence electrons. The Labute approximate surface area is 107 Å². The standard InChI is InChI=1S/C14H17FN2O/c1-18-13-6-5-12(7-13)17-9-11-4-2-3-10(8-16)14(11)15/h2-4,12-13,17H,5-7,9H2,1H3. The second kappa shape index (κ2) is 5.94. The number of benzene rings is 1. The summed E-state index contributed by atoms with van der Waals surface area (Å²) in [5.41, 5.74) is 0.658. The largest absolute Gasteiger partial charge is 0.381 e. The first kappa shape index (κ1) is 13.0. The molecule has 1 saturated carbocycles. The van der Waals surface area contributed by atoms with Crippen LogP contribution in [-0.4, -0.2) is 19.3 Å². The molecule has 18 heavy (non-hydrogen) atoms. The van der Waals surface area contributed by atoms with Crippen LogP contribution in [0.5, 0.6) is 0 Å². The number of hydrogen-bond donors (Lipinski definition) is 1. The third-order valence-corrected chi connectivity index (χ3v) is 3.50. The minimum absolute atomic E-state index is 0.107. The maximum absolute atomic E-state index is 13.8. The van der Waals surface area contributed by atoms with Crippen molar-refractivity contribution in [3.05, 3.63) is 35.1 Å². The molecule has 2 rings (SSSR count). The molecule has 1 aliphatic carbocycles. The quantitative estimate of drug-likeness (QED) is 0.889. The van der Waals surface area contributed by atoms with E-state index in [-0.39, 0.29) is 5.56 Å². The van der Waals surface area contributed by atoms with Crippen molar-refractivity contribution in [1.29, 1.82) is 5.26 Å². The number of hydrogen-bond acceptors (Lipinski definition) is 3. The highest BCUT2D eigenvalue weighted by Gasteiger charge is 2.24. The summed E-state index contributed by atoms with van der Waals surface area (Å²) in [7, 11) is 1.73. The first-order chi connectivity index (χ1) is 8.74. The van der Waals surface area contributed by atoms with E-state index in [1.807, 2.05) is 6.07 Å². The SMILES string of the molecule is COC1CCC(NCc2cccc(C#N)c2F)C1. The van der Waals surface area contributed by atoms with Crippen LogP contribution in [0.25, 0.3) is 0 Å². The fourth-order valence-corrected chi connectivity index (χ4v) is 2.40. The lowest BCUT2D eigenvalue weighted by Gasteiger charge is -2.13. The van der Waals surface area contributed by atoms with Crippen molar-refractivity contribution >= 4 is 0 Å². The third-order valence-electron chi connectivity index (χ3n) is 3.50. The average molecular weight is 248 g/mol. The summed E-state index contributed by atoms with van der Waals surface area (Å²) in [4.78, 5) is 0. The van der Waals surface area contributed by atoms with Gasteiger partial charge >= 0.3 is 0 Å². The summed E-state index contributed by atoms with van der Waals surface area (Å²) in [5.74, 6) is -0.409. The van der Waals surface area contributed by atoms with E-state index in [1.54, 1.807) is 19.2 Å². The van der Waals surface area contributed by atoms with E-state index in [0.717, 1.165) is 19.3 Å². The highest BCUT2D eigenvalue weighted by atomic mass is 19.1. The van der Waals surface area contributed by atoms with Gasteiger partial charge in [-0.2, -0.15) is 5.26 Å². The lowest BCUT2D eigenvalue weighted by atomic mass is 10.1. The van der Waals surface area contributed by atoms with Gasteiger partial charge in [0.25, 0.3) is 0 Å². The predicted octanol–water partition coefficient (Wildman–Crippen LogP) is 2.35. The molecule has 0 aromatic heterocycles. The summed E-state index contributed by atoms with van der Waals surface area (Å²) in [6.07, 6.45) is 3.39. The lowest BCUT2D eigenvalue weighted by Crippen LogP contribution is -2.27. The van der Waals surface area contributed by atoms with E-state index < -0.39 is 5.82 Å². The normalized spacial score (nSPS) is 22.9. The second-order valence-electron chi connectivity index (χ2n) is 4.64. The molecular weight excluding hydrogens is 231 g/mol. The van der Waals surface area contributed by atoms with Crippen LogP contribution in [0.1, 0.15) is 30.4 Å². The van der Waals surface area contributed by atoms with Gasteiger partial charge in [0, 0.05) is 25.3 Å². The van der Waals surface area contributed by atoms with Crippen molar-refractivity contribution in [2.45, 2.75) is 38.0 Å². The maximum Gasteiger partial charge on any atom is 0.145 e. The van der Waals surface area contributed by atoms with Gasteiger partial charge in [0.1, 0.15) is 11.9 Å². The number of methoxy groups -OCH3 is 1. The summed E-state index contributed by atoms with van der Waals surface area (Å²) < 4.78 is 19.1. The Kier molecular flexibility index (Phi) is 4.29. The molecule has 1 N–H and O–H groups in total. The number of ether oxygens (including phenoxy) is 1. The van der Waals surface area contributed by atoms with Crippen LogP contribution in [0.3, 0.4) is 0 Å². The molecule has 0 saturated heterocycles. The summed E-state index contributed by atoms with van der Waals surface area (Å²) in [6, 6.07) is 7.16. The molecule has 1 aliphatic rings. The van der Waals surface area contributed by atoms with E-state index >= 15 is 0 Å². The van der Waals surface area contributed by atoms with Gasteiger partial charge in [-0.25, -0.2) is 4.39 Å². The second-order valence-corrected chi connectivity index (χ2v) is 4.64. The Morgan fingerprint density at radius 2 is 2.33 bits per heavy atom. The summed E-state index contributed by atoms with van der Waals surface area (Å²) in [6.45, 7) is 0.461. The molecule has 0 amide bonds. The molecule has 1 aromatic carbocycles. The molecule has 0 spiro atoms. The number of nitrogens with zero attached hydrogens (tertiary/aromatic N) is 1. The fourth-order valence-electron chi connectivity index (χ4n) is 2.40. The van der Waals surface area contributed by atoms with Crippen LogP contribution in [0, 0.1) is 17.1 Å². The van der Waals surface area contributed by atoms with Crippen LogP contribution in [0.4, 0.5) is 4.39 Å². The van der Waals surface area contributed by atoms with Gasteiger partial charge in [-0.3, -0.25) is 0 Å². The summed E-state index contributed by atoms with van der Waals surface area (Å²) in [5, 5.41) is 12.1. The third kappa shape index (κ3) is 2.87. The molecule has 3 nitrogen and oxygen atoms in total. The maximum atomic E-state index is 13.8. The molecule has 0 radical (unpaired) electrons. The highest BCUT2D eigenvalue weighted by molar-refractivity contribution is 5.34. The van der Waals surface area contributed by atoms with Crippen LogP contribution in [-0.2, 0) is 11.3 Å². The molecule has 0 heterocycles. The van der Waals surface area contributed by atoms with Crippen LogP contribution in [0.15, 0.2) is 18.2 Å². The number of rotatable bonds is 4. The predicted molar refractivity (Wildman–Crippen MR) is 66.4 cm³/mol. The van der Waals surface area contributed by atoms with E-state index in [2.05, 4.69) is 5.32 Å². The zero-order valence-electron chi connectivity index (χ0n) is 10.4. The van der Waals surface area contributed by atoms with Gasteiger partial charge in [0.15, 0.2) is 0 Å². The fraction of sp³-hybridized carbons (Fsp3) is 0.500. The van der Waals surface area contributed by atoms with E-state index in [1.165, 1.54) is 6.07 Å². The van der Waals surface area contributed by atoms with Crippen molar-refractivity contribution in [2.75, 3.05) is 7.11 Å². The molecule has 2 atom stereocenters. The van der Waals surface area contributed by atoms with Crippen molar-refractivity contribution in [3.63, 3.8) is 0 Å². The van der Waals surface area contributed by atoms with Crippen molar-refractivity contribution < 1.29 is 9.13 Å². The Balaban J connectivity index is 1.93. The first-order valence-corrected chi connectivity index (χ1v) is 6.18. The Hall–Kier alpha value is -1.44. The van der Waals surface area contributed by atoms with Gasteiger partial charge in [0.05, 0.1) is 11.7 Å². The van der Waals surface area contributed by atoms with Gasteiger partial charge in [-0.15, -0.1) is 0 Å². The molecular formula is C14H17FN2O. The Bertz CT molecular complexity index is 456. The first-order valence-electron chi connectivity index (χ1n) is 6.18. The van der Waals surface area contributed by atoms with E-state index in [4.69, 9.17) is 10.00 Å². The molecule has 2 unspecified atom stereocenters. The smallest absolute Gasteiger partial charge is 0.145 e. The number of halogens is 1. The molecule has 0 aliphatic heterocycles. The van der Waals surface area contributed by atoms with Gasteiger partial charge in [-0.05, 0) is 25.3 Å². The van der Waals surface area contributed by atoms with E-state index in [0.29, 0.717) is 24.3 Å². The molecule has 0 bridgehead atoms. The Morgan fingerprint density at radius 1 is 1.50 bits per heavy atom. The van der Waals surface area contributed by atoms with Crippen molar-refractivity contribution in [1.82, 2.24) is 5.32 Å². The van der Waals surface area contributed by atoms with Crippen LogP contribution < -0.4 is 5.32 Å². The van der Waals surface area contributed by atoms with Gasteiger partial charge < -0.3 is 10.1 Å². The molecule has 4 heteroatoms. The van der Waals surface area contributed by atoms with Gasteiger partial charge in [-0.1, -0.05) is 12.1 Å². The number of nitrogens with one attached hydrogen (secondary N) is 1. The topological polar surface area (TPSA) is 45.0 Å². The van der Waals surface area contributed by atoms with Crippen LogP contribution in [0.2, 0.25) is 0 Å². The van der Waals surface area contributed by atoms with Gasteiger partial charge in [0.2, 0.25) is 0 Å². The molecule has 1 fully saturated rings. The minimum atomic E-state index is -0.409. The number of nitriles is 1. The average Bonchev–Trinajstić information content (AvgIpc) is 2.85.